The monoisotopic (exact) mass is 231 g/mol. The Bertz CT molecular complexity index is 341. The molecular formula is C15H21NO. The van der Waals surface area contributed by atoms with E-state index >= 15 is 0 Å². The van der Waals surface area contributed by atoms with Gasteiger partial charge in [-0.2, -0.15) is 0 Å². The molecule has 1 fully saturated rings. The van der Waals surface area contributed by atoms with Gasteiger partial charge in [0.1, 0.15) is 5.78 Å². The maximum atomic E-state index is 11.9. The number of carbonyl (C=O) groups is 1. The smallest absolute Gasteiger partial charge is 0.133 e. The summed E-state index contributed by atoms with van der Waals surface area (Å²) in [4.78, 5) is 15.9. The molecule has 0 spiro atoms. The van der Waals surface area contributed by atoms with Crippen molar-refractivity contribution in [2.24, 2.45) is 5.92 Å². The van der Waals surface area contributed by atoms with Crippen molar-refractivity contribution < 1.29 is 4.79 Å². The van der Waals surface area contributed by atoms with Crippen LogP contribution in [0.25, 0.3) is 0 Å². The van der Waals surface area contributed by atoms with Crippen molar-refractivity contribution in [3.63, 3.8) is 0 Å². The molecule has 0 bridgehead atoms. The van der Waals surface area contributed by atoms with Gasteiger partial charge in [-0.15, -0.1) is 0 Å². The second-order valence-electron chi connectivity index (χ2n) is 5.10. The maximum Gasteiger partial charge on any atom is 0.133 e. The van der Waals surface area contributed by atoms with Crippen molar-refractivity contribution in [2.45, 2.75) is 51.4 Å². The molecule has 1 heterocycles. The number of Topliss-reactive ketones (excluding diaryl/α,β-unsaturated/α-hetero) is 1. The highest BCUT2D eigenvalue weighted by Crippen LogP contribution is 2.26. The van der Waals surface area contributed by atoms with Crippen molar-refractivity contribution in [1.82, 2.24) is 4.98 Å². The Morgan fingerprint density at radius 1 is 1.18 bits per heavy atom. The van der Waals surface area contributed by atoms with Crippen LogP contribution in [-0.4, -0.2) is 10.8 Å². The van der Waals surface area contributed by atoms with Crippen molar-refractivity contribution >= 4 is 5.78 Å². The Balaban J connectivity index is 1.70. The molecule has 1 aliphatic carbocycles. The fourth-order valence-electron chi connectivity index (χ4n) is 2.65. The lowest BCUT2D eigenvalue weighted by Crippen LogP contribution is -2.12. The molecule has 0 aromatic carbocycles. The minimum absolute atomic E-state index is 0.439. The molecule has 0 unspecified atom stereocenters. The number of aromatic nitrogens is 1. The normalized spacial score (nSPS) is 16.9. The van der Waals surface area contributed by atoms with Gasteiger partial charge in [0, 0.05) is 25.2 Å². The molecule has 1 aromatic heterocycles. The number of ketones is 1. The van der Waals surface area contributed by atoms with Crippen molar-refractivity contribution in [3.05, 3.63) is 30.1 Å². The number of nitrogens with zero attached hydrogens (tertiary/aromatic N) is 1. The summed E-state index contributed by atoms with van der Waals surface area (Å²) >= 11 is 0. The summed E-state index contributed by atoms with van der Waals surface area (Å²) in [6, 6.07) is 3.99. The quantitative estimate of drug-likeness (QED) is 0.775. The lowest BCUT2D eigenvalue weighted by atomic mass is 9.85. The third kappa shape index (κ3) is 4.29. The maximum absolute atomic E-state index is 11.9. The summed E-state index contributed by atoms with van der Waals surface area (Å²) in [5, 5.41) is 0. The molecule has 1 saturated carbocycles. The molecule has 2 heteroatoms. The fourth-order valence-corrected chi connectivity index (χ4v) is 2.65. The van der Waals surface area contributed by atoms with Crippen LogP contribution in [0.2, 0.25) is 0 Å². The van der Waals surface area contributed by atoms with Gasteiger partial charge in [-0.1, -0.05) is 32.1 Å². The second-order valence-corrected chi connectivity index (χ2v) is 5.10. The van der Waals surface area contributed by atoms with Gasteiger partial charge < -0.3 is 0 Å². The third-order valence-electron chi connectivity index (χ3n) is 3.68. The molecule has 1 aliphatic rings. The van der Waals surface area contributed by atoms with Crippen LogP contribution in [0, 0.1) is 5.92 Å². The van der Waals surface area contributed by atoms with E-state index in [0.29, 0.717) is 18.1 Å². The Kier molecular flexibility index (Phi) is 4.72. The Hall–Kier alpha value is -1.18. The van der Waals surface area contributed by atoms with Crippen LogP contribution in [0.5, 0.6) is 0 Å². The molecule has 1 aromatic rings. The van der Waals surface area contributed by atoms with Crippen molar-refractivity contribution in [2.75, 3.05) is 0 Å². The molecule has 2 rings (SSSR count). The van der Waals surface area contributed by atoms with Gasteiger partial charge in [0.15, 0.2) is 0 Å². The first kappa shape index (κ1) is 12.3. The number of hydrogen-bond acceptors (Lipinski definition) is 2. The summed E-state index contributed by atoms with van der Waals surface area (Å²) < 4.78 is 0. The first-order valence-corrected chi connectivity index (χ1v) is 6.75. The van der Waals surface area contributed by atoms with Gasteiger partial charge in [0.05, 0.1) is 0 Å². The van der Waals surface area contributed by atoms with Gasteiger partial charge in [-0.3, -0.25) is 9.78 Å². The number of carbonyl (C=O) groups excluding carboxylic acids is 1. The molecule has 0 N–H and O–H groups in total. The number of rotatable bonds is 5. The number of pyridine rings is 1. The zero-order valence-corrected chi connectivity index (χ0v) is 10.4. The van der Waals surface area contributed by atoms with Crippen LogP contribution < -0.4 is 0 Å². The number of hydrogen-bond donors (Lipinski definition) is 0. The molecule has 0 saturated heterocycles. The summed E-state index contributed by atoms with van der Waals surface area (Å²) in [6.45, 7) is 0. The van der Waals surface area contributed by atoms with Gasteiger partial charge in [-0.25, -0.2) is 0 Å². The Labute approximate surface area is 103 Å². The first-order chi connectivity index (χ1) is 8.34. The molecule has 0 amide bonds. The standard InChI is InChI=1S/C15H21NO/c17-15(12-14-4-2-1-3-5-14)7-6-13-8-10-16-11-9-13/h8-11,14H,1-7,12H2. The van der Waals surface area contributed by atoms with Crippen molar-refractivity contribution in [3.8, 4) is 0 Å². The predicted molar refractivity (Wildman–Crippen MR) is 68.8 cm³/mol. The SMILES string of the molecule is O=C(CCc1ccncc1)CC1CCCCC1. The summed E-state index contributed by atoms with van der Waals surface area (Å²) in [6.07, 6.45) is 12.5. The van der Waals surface area contributed by atoms with E-state index in [0.717, 1.165) is 12.8 Å². The predicted octanol–water partition coefficient (Wildman–Crippen LogP) is 3.55. The zero-order valence-electron chi connectivity index (χ0n) is 10.4. The molecule has 2 nitrogen and oxygen atoms in total. The Morgan fingerprint density at radius 3 is 2.59 bits per heavy atom. The minimum atomic E-state index is 0.439. The molecule has 17 heavy (non-hydrogen) atoms. The first-order valence-electron chi connectivity index (χ1n) is 6.75. The Morgan fingerprint density at radius 2 is 1.88 bits per heavy atom. The van der Waals surface area contributed by atoms with E-state index in [1.54, 1.807) is 12.4 Å². The molecular weight excluding hydrogens is 210 g/mol. The van der Waals surface area contributed by atoms with E-state index in [4.69, 9.17) is 0 Å². The third-order valence-corrected chi connectivity index (χ3v) is 3.68. The largest absolute Gasteiger partial charge is 0.300 e. The van der Waals surface area contributed by atoms with E-state index in [9.17, 15) is 4.79 Å². The molecule has 0 atom stereocenters. The van der Waals surface area contributed by atoms with E-state index in [1.807, 2.05) is 12.1 Å². The lowest BCUT2D eigenvalue weighted by Gasteiger charge is -2.20. The van der Waals surface area contributed by atoms with Crippen LogP contribution in [0.4, 0.5) is 0 Å². The van der Waals surface area contributed by atoms with Gasteiger partial charge in [0.2, 0.25) is 0 Å². The van der Waals surface area contributed by atoms with Crippen molar-refractivity contribution in [1.29, 1.82) is 0 Å². The lowest BCUT2D eigenvalue weighted by molar-refractivity contribution is -0.120. The highest BCUT2D eigenvalue weighted by Gasteiger charge is 2.16. The van der Waals surface area contributed by atoms with Gasteiger partial charge in [-0.05, 0) is 30.0 Å². The topological polar surface area (TPSA) is 30.0 Å². The van der Waals surface area contributed by atoms with Crippen LogP contribution >= 0.6 is 0 Å². The fraction of sp³-hybridized carbons (Fsp3) is 0.600. The van der Waals surface area contributed by atoms with Crippen LogP contribution in [-0.2, 0) is 11.2 Å². The average Bonchev–Trinajstić information content (AvgIpc) is 2.39. The molecule has 0 aliphatic heterocycles. The van der Waals surface area contributed by atoms with Crippen LogP contribution in [0.3, 0.4) is 0 Å². The van der Waals surface area contributed by atoms with Crippen LogP contribution in [0.1, 0.15) is 50.5 Å². The summed E-state index contributed by atoms with van der Waals surface area (Å²) in [5.74, 6) is 1.11. The van der Waals surface area contributed by atoms with E-state index < -0.39 is 0 Å². The second kappa shape index (κ2) is 6.53. The van der Waals surface area contributed by atoms with E-state index in [1.165, 1.54) is 37.7 Å². The molecule has 92 valence electrons. The van der Waals surface area contributed by atoms with Crippen LogP contribution in [0.15, 0.2) is 24.5 Å². The average molecular weight is 231 g/mol. The zero-order chi connectivity index (χ0) is 11.9. The highest BCUT2D eigenvalue weighted by atomic mass is 16.1. The highest BCUT2D eigenvalue weighted by molar-refractivity contribution is 5.78. The summed E-state index contributed by atoms with van der Waals surface area (Å²) in [7, 11) is 0. The minimum Gasteiger partial charge on any atom is -0.300 e. The van der Waals surface area contributed by atoms with E-state index in [2.05, 4.69) is 4.98 Å². The van der Waals surface area contributed by atoms with E-state index in [-0.39, 0.29) is 0 Å². The summed E-state index contributed by atoms with van der Waals surface area (Å²) in [5.41, 5.74) is 1.22. The number of aryl methyl sites for hydroxylation is 1. The molecule has 0 radical (unpaired) electrons. The van der Waals surface area contributed by atoms with Gasteiger partial charge in [0.25, 0.3) is 0 Å². The van der Waals surface area contributed by atoms with Gasteiger partial charge >= 0.3 is 0 Å².